The van der Waals surface area contributed by atoms with Crippen molar-refractivity contribution in [2.24, 2.45) is 5.84 Å². The molecule has 0 heterocycles. The Balaban J connectivity index is 1.78. The van der Waals surface area contributed by atoms with Gasteiger partial charge in [0.05, 0.1) is 0 Å². The van der Waals surface area contributed by atoms with Crippen LogP contribution in [0.4, 0.5) is 5.69 Å². The summed E-state index contributed by atoms with van der Waals surface area (Å²) in [5, 5.41) is 0. The summed E-state index contributed by atoms with van der Waals surface area (Å²) in [5.74, 6) is 6.54. The van der Waals surface area contributed by atoms with Crippen LogP contribution in [0.3, 0.4) is 0 Å². The number of nitrogens with one attached hydrogen (secondary N) is 1. The third-order valence-electron chi connectivity index (χ3n) is 4.10. The Hall–Kier alpha value is -2.06. The molecule has 2 nitrogen and oxygen atoms in total. The third-order valence-corrected chi connectivity index (χ3v) is 4.10. The van der Waals surface area contributed by atoms with Gasteiger partial charge in [0.1, 0.15) is 0 Å². The zero-order valence-electron chi connectivity index (χ0n) is 11.5. The molecule has 102 valence electrons. The molecule has 2 aromatic carbocycles. The van der Waals surface area contributed by atoms with E-state index < -0.39 is 0 Å². The van der Waals surface area contributed by atoms with E-state index in [0.717, 1.165) is 12.1 Å². The van der Waals surface area contributed by atoms with Crippen LogP contribution < -0.4 is 11.3 Å². The van der Waals surface area contributed by atoms with Crippen molar-refractivity contribution in [1.82, 2.24) is 0 Å². The molecule has 0 saturated heterocycles. The van der Waals surface area contributed by atoms with E-state index in [4.69, 9.17) is 5.84 Å². The minimum Gasteiger partial charge on any atom is -0.324 e. The Bertz CT molecular complexity index is 572. The van der Waals surface area contributed by atoms with Gasteiger partial charge in [-0.15, -0.1) is 0 Å². The van der Waals surface area contributed by atoms with Gasteiger partial charge in [-0.1, -0.05) is 54.6 Å². The minimum atomic E-state index is 0.501. The normalized spacial score (nSPS) is 21.6. The van der Waals surface area contributed by atoms with Crippen LogP contribution in [0, 0.1) is 0 Å². The molecular weight excluding hydrogens is 244 g/mol. The maximum absolute atomic E-state index is 5.41. The largest absolute Gasteiger partial charge is 0.324 e. The summed E-state index contributed by atoms with van der Waals surface area (Å²) in [5.41, 5.74) is 6.43. The van der Waals surface area contributed by atoms with E-state index in [9.17, 15) is 0 Å². The average Bonchev–Trinajstić information content (AvgIpc) is 2.56. The molecule has 0 bridgehead atoms. The maximum Gasteiger partial charge on any atom is 0.0485 e. The first-order chi connectivity index (χ1) is 9.86. The lowest BCUT2D eigenvalue weighted by atomic mass is 9.79. The molecule has 0 spiro atoms. The van der Waals surface area contributed by atoms with E-state index in [1.54, 1.807) is 0 Å². The van der Waals surface area contributed by atoms with Gasteiger partial charge in [0, 0.05) is 11.6 Å². The topological polar surface area (TPSA) is 38.0 Å². The quantitative estimate of drug-likeness (QED) is 0.495. The zero-order valence-corrected chi connectivity index (χ0v) is 11.5. The van der Waals surface area contributed by atoms with Crippen molar-refractivity contribution in [2.75, 3.05) is 5.43 Å². The highest BCUT2D eigenvalue weighted by atomic mass is 15.2. The third kappa shape index (κ3) is 2.75. The maximum atomic E-state index is 5.41. The minimum absolute atomic E-state index is 0.501. The second kappa shape index (κ2) is 5.93. The Morgan fingerprint density at radius 2 is 1.65 bits per heavy atom. The van der Waals surface area contributed by atoms with Gasteiger partial charge in [0.2, 0.25) is 0 Å². The molecule has 0 saturated carbocycles. The average molecular weight is 264 g/mol. The lowest BCUT2D eigenvalue weighted by Crippen LogP contribution is -2.10. The Kier molecular flexibility index (Phi) is 3.84. The summed E-state index contributed by atoms with van der Waals surface area (Å²) < 4.78 is 0. The molecule has 3 N–H and O–H groups in total. The van der Waals surface area contributed by atoms with E-state index in [2.05, 4.69) is 60.0 Å². The first kappa shape index (κ1) is 12.9. The number of hydrogen-bond acceptors (Lipinski definition) is 2. The Labute approximate surface area is 120 Å². The predicted octanol–water partition coefficient (Wildman–Crippen LogP) is 4.19. The summed E-state index contributed by atoms with van der Waals surface area (Å²) in [6, 6.07) is 19.2. The van der Waals surface area contributed by atoms with Crippen molar-refractivity contribution in [3.05, 3.63) is 77.9 Å². The van der Waals surface area contributed by atoms with Gasteiger partial charge in [-0.25, -0.2) is 0 Å². The summed E-state index contributed by atoms with van der Waals surface area (Å²) in [4.78, 5) is 0. The predicted molar refractivity (Wildman–Crippen MR) is 84.6 cm³/mol. The van der Waals surface area contributed by atoms with Gasteiger partial charge in [-0.05, 0) is 42.0 Å². The fourth-order valence-electron chi connectivity index (χ4n) is 2.96. The number of hydrazine groups is 1. The van der Waals surface area contributed by atoms with Crippen LogP contribution >= 0.6 is 0 Å². The lowest BCUT2D eigenvalue weighted by Gasteiger charge is -2.25. The van der Waals surface area contributed by atoms with Gasteiger partial charge in [0.25, 0.3) is 0 Å². The smallest absolute Gasteiger partial charge is 0.0485 e. The van der Waals surface area contributed by atoms with Crippen LogP contribution in [0.2, 0.25) is 0 Å². The number of nitrogen functional groups attached to an aromatic ring is 1. The summed E-state index contributed by atoms with van der Waals surface area (Å²) >= 11 is 0. The summed E-state index contributed by atoms with van der Waals surface area (Å²) in [6.07, 6.45) is 6.98. The van der Waals surface area contributed by atoms with E-state index in [1.165, 1.54) is 17.5 Å². The van der Waals surface area contributed by atoms with E-state index in [1.807, 2.05) is 12.1 Å². The number of rotatable bonds is 3. The molecule has 0 amide bonds. The van der Waals surface area contributed by atoms with Crippen LogP contribution in [0.15, 0.2) is 66.7 Å². The fraction of sp³-hybridized carbons (Fsp3) is 0.222. The van der Waals surface area contributed by atoms with Gasteiger partial charge in [-0.2, -0.15) is 0 Å². The highest BCUT2D eigenvalue weighted by molar-refractivity contribution is 5.45. The molecule has 2 aromatic rings. The summed E-state index contributed by atoms with van der Waals surface area (Å²) in [6.45, 7) is 0. The van der Waals surface area contributed by atoms with E-state index in [0.29, 0.717) is 11.8 Å². The van der Waals surface area contributed by atoms with Gasteiger partial charge in [-0.3, -0.25) is 5.84 Å². The van der Waals surface area contributed by atoms with Gasteiger partial charge in [0.15, 0.2) is 0 Å². The first-order valence-electron chi connectivity index (χ1n) is 7.15. The molecule has 2 unspecified atom stereocenters. The van der Waals surface area contributed by atoms with E-state index >= 15 is 0 Å². The highest BCUT2D eigenvalue weighted by Gasteiger charge is 2.20. The standard InChI is InChI=1S/C18H20N2/c19-20-18-11-9-15(10-12-18)17-8-4-7-16(13-17)14-5-2-1-3-6-14/h1-6,8-12,16-17,20H,7,13,19H2. The molecule has 0 aliphatic heterocycles. The van der Waals surface area contributed by atoms with Crippen LogP contribution in [-0.2, 0) is 0 Å². The first-order valence-corrected chi connectivity index (χ1v) is 7.15. The summed E-state index contributed by atoms with van der Waals surface area (Å²) in [7, 11) is 0. The van der Waals surface area contributed by atoms with Gasteiger partial charge >= 0.3 is 0 Å². The highest BCUT2D eigenvalue weighted by Crippen LogP contribution is 2.37. The number of allylic oxidation sites excluding steroid dienone is 2. The van der Waals surface area contributed by atoms with Crippen molar-refractivity contribution in [2.45, 2.75) is 24.7 Å². The molecule has 0 fully saturated rings. The molecule has 2 heteroatoms. The number of nitrogens with two attached hydrogens (primary N) is 1. The van der Waals surface area contributed by atoms with Gasteiger partial charge < -0.3 is 5.43 Å². The van der Waals surface area contributed by atoms with Crippen molar-refractivity contribution in [1.29, 1.82) is 0 Å². The van der Waals surface area contributed by atoms with Crippen molar-refractivity contribution >= 4 is 5.69 Å². The molecule has 1 aliphatic rings. The lowest BCUT2D eigenvalue weighted by molar-refractivity contribution is 0.566. The van der Waals surface area contributed by atoms with Crippen molar-refractivity contribution in [3.8, 4) is 0 Å². The van der Waals surface area contributed by atoms with Crippen molar-refractivity contribution in [3.63, 3.8) is 0 Å². The fourth-order valence-corrected chi connectivity index (χ4v) is 2.96. The van der Waals surface area contributed by atoms with Crippen LogP contribution in [-0.4, -0.2) is 0 Å². The molecule has 0 aromatic heterocycles. The molecular formula is C18H20N2. The monoisotopic (exact) mass is 264 g/mol. The van der Waals surface area contributed by atoms with Crippen molar-refractivity contribution < 1.29 is 0 Å². The molecule has 1 aliphatic carbocycles. The number of benzene rings is 2. The SMILES string of the molecule is NNc1ccc(C2C=CCC(c3ccccc3)C2)cc1. The number of anilines is 1. The Morgan fingerprint density at radius 3 is 2.35 bits per heavy atom. The van der Waals surface area contributed by atoms with E-state index in [-0.39, 0.29) is 0 Å². The molecule has 0 radical (unpaired) electrons. The number of hydrogen-bond donors (Lipinski definition) is 2. The van der Waals surface area contributed by atoms with Crippen LogP contribution in [0.1, 0.15) is 35.8 Å². The molecule has 3 rings (SSSR count). The Morgan fingerprint density at radius 1 is 0.900 bits per heavy atom. The van der Waals surface area contributed by atoms with Crippen LogP contribution in [0.5, 0.6) is 0 Å². The van der Waals surface area contributed by atoms with Crippen LogP contribution in [0.25, 0.3) is 0 Å². The zero-order chi connectivity index (χ0) is 13.8. The second-order valence-corrected chi connectivity index (χ2v) is 5.38. The second-order valence-electron chi connectivity index (χ2n) is 5.38. The molecule has 2 atom stereocenters. The molecule has 20 heavy (non-hydrogen) atoms.